The monoisotopic (exact) mass is 281 g/mol. The lowest BCUT2D eigenvalue weighted by atomic mass is 9.88. The van der Waals surface area contributed by atoms with Crippen LogP contribution in [0.25, 0.3) is 0 Å². The van der Waals surface area contributed by atoms with Gasteiger partial charge in [-0.25, -0.2) is 0 Å². The van der Waals surface area contributed by atoms with Crippen molar-refractivity contribution in [3.63, 3.8) is 0 Å². The first kappa shape index (κ1) is 14.2. The van der Waals surface area contributed by atoms with Crippen LogP contribution in [0.4, 0.5) is 0 Å². The number of hydrogen-bond donors (Lipinski definition) is 1. The molecule has 1 fully saturated rings. The summed E-state index contributed by atoms with van der Waals surface area (Å²) in [6, 6.07) is 7.25. The van der Waals surface area contributed by atoms with Gasteiger partial charge in [0.1, 0.15) is 5.75 Å². The minimum atomic E-state index is -0.0908. The van der Waals surface area contributed by atoms with Crippen LogP contribution in [-0.2, 0) is 0 Å². The lowest BCUT2D eigenvalue weighted by molar-refractivity contribution is 0.0941. The molecule has 104 valence electrons. The summed E-state index contributed by atoms with van der Waals surface area (Å²) in [4.78, 5) is 12.1. The van der Waals surface area contributed by atoms with Gasteiger partial charge < -0.3 is 10.1 Å². The molecule has 0 aliphatic heterocycles. The summed E-state index contributed by atoms with van der Waals surface area (Å²) in [5.74, 6) is 0.895. The van der Waals surface area contributed by atoms with Gasteiger partial charge in [0.05, 0.1) is 12.7 Å². The number of nitrogens with one attached hydrogen (secondary N) is 1. The van der Waals surface area contributed by atoms with Gasteiger partial charge in [-0.3, -0.25) is 4.79 Å². The fourth-order valence-corrected chi connectivity index (χ4v) is 2.91. The van der Waals surface area contributed by atoms with Crippen LogP contribution in [0.2, 0.25) is 0 Å². The van der Waals surface area contributed by atoms with E-state index >= 15 is 0 Å². The third-order valence-electron chi connectivity index (χ3n) is 3.69. The zero-order chi connectivity index (χ0) is 13.7. The molecule has 1 aromatic carbocycles. The molecule has 0 radical (unpaired) electrons. The first-order valence-corrected chi connectivity index (χ1v) is 7.21. The molecular formula is C15H20ClNO2. The maximum atomic E-state index is 12.1. The summed E-state index contributed by atoms with van der Waals surface area (Å²) in [6.45, 7) is 0.644. The van der Waals surface area contributed by atoms with E-state index < -0.39 is 0 Å². The Bertz CT molecular complexity index is 436. The highest BCUT2D eigenvalue weighted by molar-refractivity contribution is 6.20. The second-order valence-electron chi connectivity index (χ2n) is 4.97. The molecule has 1 aliphatic rings. The number of carbonyl (C=O) groups is 1. The van der Waals surface area contributed by atoms with Gasteiger partial charge >= 0.3 is 0 Å². The zero-order valence-corrected chi connectivity index (χ0v) is 12.0. The molecule has 2 atom stereocenters. The standard InChI is InChI=1S/C15H20ClNO2/c1-19-14-9-5-3-7-12(14)15(18)17-10-11-6-2-4-8-13(11)16/h3,5,7,9,11,13H,2,4,6,8,10H2,1H3,(H,17,18). The number of alkyl halides is 1. The molecule has 1 aliphatic carbocycles. The van der Waals surface area contributed by atoms with Crippen LogP contribution in [-0.4, -0.2) is 24.9 Å². The maximum absolute atomic E-state index is 12.1. The van der Waals surface area contributed by atoms with E-state index in [1.165, 1.54) is 12.8 Å². The fourth-order valence-electron chi connectivity index (χ4n) is 2.54. The van der Waals surface area contributed by atoms with Gasteiger partial charge in [0, 0.05) is 11.9 Å². The molecule has 0 spiro atoms. The maximum Gasteiger partial charge on any atom is 0.255 e. The minimum Gasteiger partial charge on any atom is -0.496 e. The third kappa shape index (κ3) is 3.63. The highest BCUT2D eigenvalue weighted by Crippen LogP contribution is 2.28. The first-order chi connectivity index (χ1) is 9.22. The number of rotatable bonds is 4. The van der Waals surface area contributed by atoms with Crippen LogP contribution in [0.1, 0.15) is 36.0 Å². The van der Waals surface area contributed by atoms with Gasteiger partial charge in [0.15, 0.2) is 0 Å². The largest absolute Gasteiger partial charge is 0.496 e. The zero-order valence-electron chi connectivity index (χ0n) is 11.2. The molecule has 1 saturated carbocycles. The van der Waals surface area contributed by atoms with Crippen molar-refractivity contribution in [3.05, 3.63) is 29.8 Å². The lowest BCUT2D eigenvalue weighted by Crippen LogP contribution is -2.34. The Labute approximate surface area is 119 Å². The van der Waals surface area contributed by atoms with E-state index in [-0.39, 0.29) is 11.3 Å². The Kier molecular flexibility index (Phi) is 5.08. The number of carbonyl (C=O) groups excluding carboxylic acids is 1. The first-order valence-electron chi connectivity index (χ1n) is 6.77. The van der Waals surface area contributed by atoms with Crippen LogP contribution in [0.5, 0.6) is 5.75 Å². The number of hydrogen-bond acceptors (Lipinski definition) is 2. The Morgan fingerprint density at radius 3 is 2.84 bits per heavy atom. The molecule has 1 aromatic rings. The Morgan fingerprint density at radius 1 is 1.37 bits per heavy atom. The van der Waals surface area contributed by atoms with Crippen molar-refractivity contribution in [1.29, 1.82) is 0 Å². The van der Waals surface area contributed by atoms with Crippen molar-refractivity contribution < 1.29 is 9.53 Å². The van der Waals surface area contributed by atoms with Gasteiger partial charge in [-0.1, -0.05) is 25.0 Å². The molecule has 0 bridgehead atoms. The van der Waals surface area contributed by atoms with E-state index in [9.17, 15) is 4.79 Å². The Hall–Kier alpha value is -1.22. The number of halogens is 1. The third-order valence-corrected chi connectivity index (χ3v) is 4.27. The van der Waals surface area contributed by atoms with Crippen molar-refractivity contribution in [3.8, 4) is 5.75 Å². The van der Waals surface area contributed by atoms with Crippen LogP contribution in [0.15, 0.2) is 24.3 Å². The summed E-state index contributed by atoms with van der Waals surface area (Å²) < 4.78 is 5.19. The summed E-state index contributed by atoms with van der Waals surface area (Å²) in [7, 11) is 1.57. The van der Waals surface area contributed by atoms with Crippen LogP contribution >= 0.6 is 11.6 Å². The van der Waals surface area contributed by atoms with Gasteiger partial charge in [-0.05, 0) is 30.9 Å². The smallest absolute Gasteiger partial charge is 0.255 e. The number of benzene rings is 1. The SMILES string of the molecule is COc1ccccc1C(=O)NCC1CCCCC1Cl. The molecule has 2 rings (SSSR count). The summed E-state index contributed by atoms with van der Waals surface area (Å²) in [6.07, 6.45) is 4.56. The van der Waals surface area contributed by atoms with Crippen molar-refractivity contribution in [2.45, 2.75) is 31.1 Å². The normalized spacial score (nSPS) is 22.8. The molecule has 0 aromatic heterocycles. The molecule has 0 saturated heterocycles. The van der Waals surface area contributed by atoms with Crippen molar-refractivity contribution in [1.82, 2.24) is 5.32 Å². The van der Waals surface area contributed by atoms with Gasteiger partial charge in [0.25, 0.3) is 5.91 Å². The van der Waals surface area contributed by atoms with Crippen LogP contribution in [0, 0.1) is 5.92 Å². The van der Waals surface area contributed by atoms with Gasteiger partial charge in [0.2, 0.25) is 0 Å². The summed E-state index contributed by atoms with van der Waals surface area (Å²) in [5.41, 5.74) is 0.576. The number of para-hydroxylation sites is 1. The predicted molar refractivity (Wildman–Crippen MR) is 76.9 cm³/mol. The van der Waals surface area contributed by atoms with E-state index in [1.54, 1.807) is 19.2 Å². The minimum absolute atomic E-state index is 0.0908. The molecule has 4 heteroatoms. The average molecular weight is 282 g/mol. The summed E-state index contributed by atoms with van der Waals surface area (Å²) >= 11 is 6.29. The Balaban J connectivity index is 1.93. The molecule has 2 unspecified atom stereocenters. The molecule has 1 N–H and O–H groups in total. The van der Waals surface area contributed by atoms with E-state index in [0.717, 1.165) is 12.8 Å². The van der Waals surface area contributed by atoms with E-state index in [4.69, 9.17) is 16.3 Å². The van der Waals surface area contributed by atoms with E-state index in [2.05, 4.69) is 5.32 Å². The molecule has 0 heterocycles. The highest BCUT2D eigenvalue weighted by atomic mass is 35.5. The van der Waals surface area contributed by atoms with Gasteiger partial charge in [-0.15, -0.1) is 11.6 Å². The Morgan fingerprint density at radius 2 is 2.11 bits per heavy atom. The molecular weight excluding hydrogens is 262 g/mol. The quantitative estimate of drug-likeness (QED) is 0.861. The van der Waals surface area contributed by atoms with E-state index in [1.807, 2.05) is 12.1 Å². The topological polar surface area (TPSA) is 38.3 Å². The highest BCUT2D eigenvalue weighted by Gasteiger charge is 2.23. The lowest BCUT2D eigenvalue weighted by Gasteiger charge is -2.27. The van der Waals surface area contributed by atoms with Crippen molar-refractivity contribution in [2.75, 3.05) is 13.7 Å². The second kappa shape index (κ2) is 6.80. The number of methoxy groups -OCH3 is 1. The number of ether oxygens (including phenoxy) is 1. The molecule has 3 nitrogen and oxygen atoms in total. The molecule has 19 heavy (non-hydrogen) atoms. The predicted octanol–water partition coefficient (Wildman–Crippen LogP) is 3.22. The average Bonchev–Trinajstić information content (AvgIpc) is 2.46. The van der Waals surface area contributed by atoms with Crippen molar-refractivity contribution >= 4 is 17.5 Å². The molecule has 1 amide bonds. The van der Waals surface area contributed by atoms with Crippen LogP contribution < -0.4 is 10.1 Å². The fraction of sp³-hybridized carbons (Fsp3) is 0.533. The van der Waals surface area contributed by atoms with Crippen molar-refractivity contribution in [2.24, 2.45) is 5.92 Å². The summed E-state index contributed by atoms with van der Waals surface area (Å²) in [5, 5.41) is 3.16. The number of amides is 1. The van der Waals surface area contributed by atoms with E-state index in [0.29, 0.717) is 23.8 Å². The second-order valence-corrected chi connectivity index (χ2v) is 5.53. The van der Waals surface area contributed by atoms with Gasteiger partial charge in [-0.2, -0.15) is 0 Å². The van der Waals surface area contributed by atoms with Crippen LogP contribution in [0.3, 0.4) is 0 Å².